The summed E-state index contributed by atoms with van der Waals surface area (Å²) >= 11 is 0. The van der Waals surface area contributed by atoms with Crippen molar-refractivity contribution in [3.05, 3.63) is 30.1 Å². The summed E-state index contributed by atoms with van der Waals surface area (Å²) in [5, 5.41) is 7.17. The van der Waals surface area contributed by atoms with E-state index in [2.05, 4.69) is 29.3 Å². The highest BCUT2D eigenvalue weighted by Gasteiger charge is 2.33. The minimum absolute atomic E-state index is 0.466. The van der Waals surface area contributed by atoms with E-state index in [0.717, 1.165) is 24.1 Å². The van der Waals surface area contributed by atoms with Gasteiger partial charge in [-0.1, -0.05) is 19.0 Å². The van der Waals surface area contributed by atoms with Gasteiger partial charge in [0.25, 0.3) is 5.89 Å². The first-order valence-corrected chi connectivity index (χ1v) is 6.86. The van der Waals surface area contributed by atoms with Crippen molar-refractivity contribution in [2.75, 3.05) is 19.5 Å². The van der Waals surface area contributed by atoms with E-state index in [4.69, 9.17) is 9.26 Å². The van der Waals surface area contributed by atoms with Gasteiger partial charge in [-0.25, -0.2) is 0 Å². The Morgan fingerprint density at radius 1 is 1.20 bits per heavy atom. The third-order valence-electron chi connectivity index (χ3n) is 3.79. The standard InChI is InChI=1S/C15H21N3O2/c1-5-15(6-2,19-4)14-17-13(20-18-14)11-7-9-12(16-3)10-8-11/h7-10,16H,5-6H2,1-4H3. The number of ether oxygens (including phenoxy) is 1. The summed E-state index contributed by atoms with van der Waals surface area (Å²) in [5.74, 6) is 1.13. The summed E-state index contributed by atoms with van der Waals surface area (Å²) < 4.78 is 11.0. The second-order valence-electron chi connectivity index (χ2n) is 4.66. The number of methoxy groups -OCH3 is 1. The topological polar surface area (TPSA) is 60.2 Å². The summed E-state index contributed by atoms with van der Waals surface area (Å²) in [7, 11) is 3.57. The summed E-state index contributed by atoms with van der Waals surface area (Å²) in [6.45, 7) is 4.12. The van der Waals surface area contributed by atoms with Crippen LogP contribution in [0.4, 0.5) is 5.69 Å². The van der Waals surface area contributed by atoms with Crippen molar-refractivity contribution in [2.45, 2.75) is 32.3 Å². The van der Waals surface area contributed by atoms with E-state index < -0.39 is 5.60 Å². The molecule has 0 unspecified atom stereocenters. The molecule has 5 nitrogen and oxygen atoms in total. The van der Waals surface area contributed by atoms with E-state index in [1.807, 2.05) is 31.3 Å². The zero-order valence-corrected chi connectivity index (χ0v) is 12.4. The smallest absolute Gasteiger partial charge is 0.258 e. The molecule has 0 fully saturated rings. The molecular weight excluding hydrogens is 254 g/mol. The van der Waals surface area contributed by atoms with Crippen molar-refractivity contribution in [3.8, 4) is 11.5 Å². The van der Waals surface area contributed by atoms with E-state index >= 15 is 0 Å². The van der Waals surface area contributed by atoms with Crippen LogP contribution in [0, 0.1) is 0 Å². The lowest BCUT2D eigenvalue weighted by molar-refractivity contribution is -0.0306. The average molecular weight is 275 g/mol. The molecule has 0 saturated heterocycles. The molecule has 0 bridgehead atoms. The first-order valence-electron chi connectivity index (χ1n) is 6.86. The highest BCUT2D eigenvalue weighted by Crippen LogP contribution is 2.31. The quantitative estimate of drug-likeness (QED) is 0.875. The minimum atomic E-state index is -0.466. The molecule has 1 aromatic heterocycles. The molecule has 20 heavy (non-hydrogen) atoms. The van der Waals surface area contributed by atoms with Crippen molar-refractivity contribution in [1.29, 1.82) is 0 Å². The molecule has 5 heteroatoms. The zero-order chi connectivity index (χ0) is 14.6. The van der Waals surface area contributed by atoms with Gasteiger partial charge in [0.1, 0.15) is 5.60 Å². The monoisotopic (exact) mass is 275 g/mol. The lowest BCUT2D eigenvalue weighted by atomic mass is 9.96. The molecule has 0 aliphatic rings. The molecular formula is C15H21N3O2. The maximum absolute atomic E-state index is 5.61. The summed E-state index contributed by atoms with van der Waals surface area (Å²) in [5.41, 5.74) is 1.48. The van der Waals surface area contributed by atoms with Crippen LogP contribution in [-0.2, 0) is 10.3 Å². The molecule has 1 N–H and O–H groups in total. The van der Waals surface area contributed by atoms with E-state index in [1.165, 1.54) is 0 Å². The Kier molecular flexibility index (Phi) is 4.39. The highest BCUT2D eigenvalue weighted by atomic mass is 16.5. The molecule has 108 valence electrons. The Morgan fingerprint density at radius 2 is 1.85 bits per heavy atom. The molecule has 2 rings (SSSR count). The highest BCUT2D eigenvalue weighted by molar-refractivity contribution is 5.58. The van der Waals surface area contributed by atoms with Crippen LogP contribution < -0.4 is 5.32 Å². The van der Waals surface area contributed by atoms with Crippen LogP contribution in [0.1, 0.15) is 32.5 Å². The third kappa shape index (κ3) is 2.54. The van der Waals surface area contributed by atoms with E-state index in [-0.39, 0.29) is 0 Å². The fourth-order valence-electron chi connectivity index (χ4n) is 2.25. The van der Waals surface area contributed by atoms with Crippen LogP contribution in [-0.4, -0.2) is 24.3 Å². The molecule has 0 aliphatic heterocycles. The van der Waals surface area contributed by atoms with Gasteiger partial charge in [-0.3, -0.25) is 0 Å². The van der Waals surface area contributed by atoms with Crippen molar-refractivity contribution in [3.63, 3.8) is 0 Å². The molecule has 0 aliphatic carbocycles. The summed E-state index contributed by atoms with van der Waals surface area (Å²) in [4.78, 5) is 4.50. The molecule has 0 saturated carbocycles. The Balaban J connectivity index is 2.32. The van der Waals surface area contributed by atoms with Crippen LogP contribution >= 0.6 is 0 Å². The predicted molar refractivity (Wildman–Crippen MR) is 78.5 cm³/mol. The van der Waals surface area contributed by atoms with Crippen LogP contribution in [0.3, 0.4) is 0 Å². The van der Waals surface area contributed by atoms with Crippen LogP contribution in [0.5, 0.6) is 0 Å². The number of benzene rings is 1. The molecule has 1 aromatic carbocycles. The lowest BCUT2D eigenvalue weighted by Gasteiger charge is -2.25. The van der Waals surface area contributed by atoms with Gasteiger partial charge in [0.2, 0.25) is 5.82 Å². The molecule has 0 radical (unpaired) electrons. The Hall–Kier alpha value is -1.88. The first kappa shape index (κ1) is 14.5. The maximum Gasteiger partial charge on any atom is 0.258 e. The number of rotatable bonds is 6. The summed E-state index contributed by atoms with van der Waals surface area (Å²) in [6, 6.07) is 7.86. The lowest BCUT2D eigenvalue weighted by Crippen LogP contribution is -2.28. The van der Waals surface area contributed by atoms with Crippen molar-refractivity contribution >= 4 is 5.69 Å². The van der Waals surface area contributed by atoms with Gasteiger partial charge in [-0.15, -0.1) is 0 Å². The van der Waals surface area contributed by atoms with Gasteiger partial charge in [-0.05, 0) is 37.1 Å². The number of hydrogen-bond donors (Lipinski definition) is 1. The zero-order valence-electron chi connectivity index (χ0n) is 12.4. The van der Waals surface area contributed by atoms with E-state index in [9.17, 15) is 0 Å². The number of hydrogen-bond acceptors (Lipinski definition) is 5. The number of nitrogens with one attached hydrogen (secondary N) is 1. The Bertz CT molecular complexity index is 536. The van der Waals surface area contributed by atoms with Gasteiger partial charge in [0.15, 0.2) is 0 Å². The number of anilines is 1. The first-order chi connectivity index (χ1) is 9.69. The Labute approximate surface area is 119 Å². The average Bonchev–Trinajstić information content (AvgIpc) is 3.00. The van der Waals surface area contributed by atoms with Crippen LogP contribution in [0.15, 0.2) is 28.8 Å². The van der Waals surface area contributed by atoms with Gasteiger partial charge >= 0.3 is 0 Å². The van der Waals surface area contributed by atoms with Crippen molar-refractivity contribution in [1.82, 2.24) is 10.1 Å². The largest absolute Gasteiger partial charge is 0.388 e. The van der Waals surface area contributed by atoms with Crippen molar-refractivity contribution in [2.24, 2.45) is 0 Å². The van der Waals surface area contributed by atoms with Gasteiger partial charge in [0.05, 0.1) is 0 Å². The molecule has 1 heterocycles. The van der Waals surface area contributed by atoms with E-state index in [1.54, 1.807) is 7.11 Å². The van der Waals surface area contributed by atoms with Crippen LogP contribution in [0.25, 0.3) is 11.5 Å². The summed E-state index contributed by atoms with van der Waals surface area (Å²) in [6.07, 6.45) is 1.61. The van der Waals surface area contributed by atoms with Crippen molar-refractivity contribution < 1.29 is 9.26 Å². The molecule has 0 atom stereocenters. The fraction of sp³-hybridized carbons (Fsp3) is 0.467. The SMILES string of the molecule is CCC(CC)(OC)c1noc(-c2ccc(NC)cc2)n1. The number of aromatic nitrogens is 2. The second-order valence-corrected chi connectivity index (χ2v) is 4.66. The maximum atomic E-state index is 5.61. The minimum Gasteiger partial charge on any atom is -0.388 e. The van der Waals surface area contributed by atoms with Gasteiger partial charge in [0, 0.05) is 25.4 Å². The molecule has 2 aromatic rings. The fourth-order valence-corrected chi connectivity index (χ4v) is 2.25. The van der Waals surface area contributed by atoms with Gasteiger partial charge < -0.3 is 14.6 Å². The van der Waals surface area contributed by atoms with Crippen LogP contribution in [0.2, 0.25) is 0 Å². The normalized spacial score (nSPS) is 11.6. The molecule has 0 spiro atoms. The third-order valence-corrected chi connectivity index (χ3v) is 3.79. The second kappa shape index (κ2) is 6.05. The number of nitrogens with zero attached hydrogens (tertiary/aromatic N) is 2. The Morgan fingerprint density at radius 3 is 2.35 bits per heavy atom. The molecule has 0 amide bonds. The van der Waals surface area contributed by atoms with E-state index in [0.29, 0.717) is 11.7 Å². The predicted octanol–water partition coefficient (Wildman–Crippen LogP) is 3.44. The van der Waals surface area contributed by atoms with Gasteiger partial charge in [-0.2, -0.15) is 4.98 Å².